The van der Waals surface area contributed by atoms with Gasteiger partial charge in [0.2, 0.25) is 0 Å². The van der Waals surface area contributed by atoms with E-state index in [2.05, 4.69) is 36.7 Å². The molecule has 0 aliphatic rings. The molecule has 2 heteroatoms. The van der Waals surface area contributed by atoms with Crippen molar-refractivity contribution in [3.05, 3.63) is 40.4 Å². The zero-order valence-corrected chi connectivity index (χ0v) is 10.2. The van der Waals surface area contributed by atoms with E-state index >= 15 is 0 Å². The summed E-state index contributed by atoms with van der Waals surface area (Å²) in [5.74, 6) is -0.245. The third kappa shape index (κ3) is 2.68. The van der Waals surface area contributed by atoms with E-state index in [1.807, 2.05) is 12.1 Å². The number of rotatable bonds is 1. The van der Waals surface area contributed by atoms with Gasteiger partial charge in [0.25, 0.3) is 0 Å². The van der Waals surface area contributed by atoms with E-state index in [1.165, 1.54) is 10.5 Å². The molecule has 1 aromatic carbocycles. The Kier molecular flexibility index (Phi) is 3.48. The minimum Gasteiger partial charge on any atom is -0.206 e. The summed E-state index contributed by atoms with van der Waals surface area (Å²) < 4.78 is 13.1. The van der Waals surface area contributed by atoms with Gasteiger partial charge in [0.1, 0.15) is 5.83 Å². The second-order valence-corrected chi connectivity index (χ2v) is 4.74. The molecule has 76 valence electrons. The van der Waals surface area contributed by atoms with Crippen LogP contribution in [0.3, 0.4) is 0 Å². The lowest BCUT2D eigenvalue weighted by atomic mass is 9.87. The summed E-state index contributed by atoms with van der Waals surface area (Å²) in [5.41, 5.74) is 1.94. The van der Waals surface area contributed by atoms with Gasteiger partial charge in [-0.25, -0.2) is 4.39 Å². The van der Waals surface area contributed by atoms with Crippen molar-refractivity contribution >= 4 is 21.8 Å². The van der Waals surface area contributed by atoms with Crippen LogP contribution in [0.4, 0.5) is 4.39 Å². The highest BCUT2D eigenvalue weighted by Crippen LogP contribution is 2.24. The molecule has 0 heterocycles. The molecule has 0 atom stereocenters. The summed E-state index contributed by atoms with van der Waals surface area (Å²) in [4.78, 5) is 1.29. The Morgan fingerprint density at radius 3 is 2.07 bits per heavy atom. The third-order valence-corrected chi connectivity index (χ3v) is 2.52. The van der Waals surface area contributed by atoms with Gasteiger partial charge in [-0.2, -0.15) is 0 Å². The maximum Gasteiger partial charge on any atom is 0.137 e. The molecule has 0 aromatic heterocycles. The van der Waals surface area contributed by atoms with Gasteiger partial charge in [0, 0.05) is 10.5 Å². The molecule has 0 radical (unpaired) electrons. The number of hydrogen-bond donors (Lipinski definition) is 0. The molecule has 14 heavy (non-hydrogen) atoms. The van der Waals surface area contributed by atoms with Crippen LogP contribution in [0, 0.1) is 0 Å². The zero-order valence-electron chi connectivity index (χ0n) is 8.64. The first kappa shape index (κ1) is 11.4. The lowest BCUT2D eigenvalue weighted by Crippen LogP contribution is -2.10. The van der Waals surface area contributed by atoms with Gasteiger partial charge in [-0.1, -0.05) is 61.0 Å². The summed E-state index contributed by atoms with van der Waals surface area (Å²) in [7, 11) is 0. The van der Waals surface area contributed by atoms with Crippen molar-refractivity contribution in [1.82, 2.24) is 0 Å². The van der Waals surface area contributed by atoms with Gasteiger partial charge < -0.3 is 0 Å². The fraction of sp³-hybridized carbons (Fsp3) is 0.333. The largest absolute Gasteiger partial charge is 0.206 e. The summed E-state index contributed by atoms with van der Waals surface area (Å²) >= 11 is 2.97. The molecule has 0 aliphatic heterocycles. The fourth-order valence-electron chi connectivity index (χ4n) is 1.19. The first-order chi connectivity index (χ1) is 6.45. The van der Waals surface area contributed by atoms with Gasteiger partial charge in [0.15, 0.2) is 0 Å². The van der Waals surface area contributed by atoms with E-state index in [0.29, 0.717) is 5.56 Å². The maximum atomic E-state index is 13.1. The molecule has 0 saturated heterocycles. The van der Waals surface area contributed by atoms with E-state index in [4.69, 9.17) is 0 Å². The SMILES string of the molecule is CC(C)(C)c1ccc(/C(F)=C/Br)cc1. The van der Waals surface area contributed by atoms with E-state index in [1.54, 1.807) is 12.1 Å². The van der Waals surface area contributed by atoms with Crippen molar-refractivity contribution in [3.63, 3.8) is 0 Å². The van der Waals surface area contributed by atoms with Crippen LogP contribution >= 0.6 is 15.9 Å². The van der Waals surface area contributed by atoms with Crippen LogP contribution in [0.1, 0.15) is 31.9 Å². The van der Waals surface area contributed by atoms with Crippen LogP contribution in [-0.4, -0.2) is 0 Å². The van der Waals surface area contributed by atoms with Crippen LogP contribution in [0.25, 0.3) is 5.83 Å². The molecule has 1 aromatic rings. The normalized spacial score (nSPS) is 13.1. The standard InChI is InChI=1S/C12H14BrF/c1-12(2,3)10-6-4-9(5-7-10)11(14)8-13/h4-8H,1-3H3/b11-8-. The molecular formula is C12H14BrF. The number of benzene rings is 1. The molecule has 0 spiro atoms. The summed E-state index contributed by atoms with van der Waals surface area (Å²) in [6, 6.07) is 7.53. The monoisotopic (exact) mass is 256 g/mol. The third-order valence-electron chi connectivity index (χ3n) is 2.12. The molecule has 0 unspecified atom stereocenters. The molecule has 0 saturated carbocycles. The van der Waals surface area contributed by atoms with Gasteiger partial charge in [0.05, 0.1) is 0 Å². The first-order valence-electron chi connectivity index (χ1n) is 4.52. The topological polar surface area (TPSA) is 0 Å². The van der Waals surface area contributed by atoms with E-state index in [9.17, 15) is 4.39 Å². The Morgan fingerprint density at radius 1 is 1.21 bits per heavy atom. The van der Waals surface area contributed by atoms with E-state index in [-0.39, 0.29) is 11.2 Å². The van der Waals surface area contributed by atoms with Crippen molar-refractivity contribution in [2.24, 2.45) is 0 Å². The summed E-state index contributed by atoms with van der Waals surface area (Å²) in [6.07, 6.45) is 0. The highest BCUT2D eigenvalue weighted by molar-refractivity contribution is 9.11. The minimum atomic E-state index is -0.245. The molecular weight excluding hydrogens is 243 g/mol. The van der Waals surface area contributed by atoms with E-state index in [0.717, 1.165) is 0 Å². The van der Waals surface area contributed by atoms with Gasteiger partial charge in [-0.15, -0.1) is 0 Å². The Bertz CT molecular complexity index is 330. The van der Waals surface area contributed by atoms with Crippen LogP contribution < -0.4 is 0 Å². The van der Waals surface area contributed by atoms with Crippen molar-refractivity contribution in [3.8, 4) is 0 Å². The molecule has 0 fully saturated rings. The van der Waals surface area contributed by atoms with Gasteiger partial charge in [-0.05, 0) is 11.0 Å². The Hall–Kier alpha value is -0.630. The molecule has 0 N–H and O–H groups in total. The molecule has 1 rings (SSSR count). The van der Waals surface area contributed by atoms with Crippen molar-refractivity contribution in [2.75, 3.05) is 0 Å². The van der Waals surface area contributed by atoms with Crippen molar-refractivity contribution in [1.29, 1.82) is 0 Å². The summed E-state index contributed by atoms with van der Waals surface area (Å²) in [5, 5.41) is 0. The molecule has 0 bridgehead atoms. The second kappa shape index (κ2) is 4.26. The predicted molar refractivity (Wildman–Crippen MR) is 63.2 cm³/mol. The quantitative estimate of drug-likeness (QED) is 0.687. The lowest BCUT2D eigenvalue weighted by molar-refractivity contribution is 0.590. The van der Waals surface area contributed by atoms with Gasteiger partial charge in [-0.3, -0.25) is 0 Å². The predicted octanol–water partition coefficient (Wildman–Crippen LogP) is 4.65. The Labute approximate surface area is 93.0 Å². The second-order valence-electron chi connectivity index (χ2n) is 4.28. The smallest absolute Gasteiger partial charge is 0.137 e. The van der Waals surface area contributed by atoms with Crippen LogP contribution in [-0.2, 0) is 5.41 Å². The average Bonchev–Trinajstić information content (AvgIpc) is 2.15. The van der Waals surface area contributed by atoms with Crippen LogP contribution in [0.5, 0.6) is 0 Å². The minimum absolute atomic E-state index is 0.118. The number of hydrogen-bond acceptors (Lipinski definition) is 0. The maximum absolute atomic E-state index is 13.1. The molecule has 0 nitrogen and oxygen atoms in total. The van der Waals surface area contributed by atoms with Crippen molar-refractivity contribution < 1.29 is 4.39 Å². The van der Waals surface area contributed by atoms with E-state index < -0.39 is 0 Å². The van der Waals surface area contributed by atoms with Crippen molar-refractivity contribution in [2.45, 2.75) is 26.2 Å². The molecule has 0 aliphatic carbocycles. The fourth-order valence-corrected chi connectivity index (χ4v) is 1.46. The highest BCUT2D eigenvalue weighted by atomic mass is 79.9. The highest BCUT2D eigenvalue weighted by Gasteiger charge is 2.13. The zero-order chi connectivity index (χ0) is 10.8. The molecule has 0 amide bonds. The Balaban J connectivity index is 3.01. The Morgan fingerprint density at radius 2 is 1.71 bits per heavy atom. The van der Waals surface area contributed by atoms with Crippen LogP contribution in [0.15, 0.2) is 29.3 Å². The number of halogens is 2. The first-order valence-corrected chi connectivity index (χ1v) is 5.43. The van der Waals surface area contributed by atoms with Gasteiger partial charge >= 0.3 is 0 Å². The summed E-state index contributed by atoms with van der Waals surface area (Å²) in [6.45, 7) is 6.41. The lowest BCUT2D eigenvalue weighted by Gasteiger charge is -2.18. The van der Waals surface area contributed by atoms with Crippen LogP contribution in [0.2, 0.25) is 0 Å². The average molecular weight is 257 g/mol.